The van der Waals surface area contributed by atoms with E-state index in [9.17, 15) is 17.6 Å². The van der Waals surface area contributed by atoms with Gasteiger partial charge in [-0.2, -0.15) is 0 Å². The zero-order valence-corrected chi connectivity index (χ0v) is 21.3. The standard InChI is InChI=1S/C28H23FN2O4S2/c29-23-10-6-22(7-11-23)19-35-24-12-8-20(9-13-24)17-30-37(33,34)25-14-15-26-27(16-25)36-28(32)31(26)18-21-4-2-1-3-5-21/h1-16,30H,17-19H2. The monoisotopic (exact) mass is 534 g/mol. The molecular formula is C28H23FN2O4S2. The Morgan fingerprint density at radius 2 is 1.54 bits per heavy atom. The summed E-state index contributed by atoms with van der Waals surface area (Å²) < 4.78 is 49.5. The lowest BCUT2D eigenvalue weighted by molar-refractivity contribution is 0.306. The van der Waals surface area contributed by atoms with Gasteiger partial charge in [-0.1, -0.05) is 65.9 Å². The van der Waals surface area contributed by atoms with Gasteiger partial charge in [0, 0.05) is 6.54 Å². The van der Waals surface area contributed by atoms with E-state index in [1.165, 1.54) is 24.3 Å². The summed E-state index contributed by atoms with van der Waals surface area (Å²) in [6, 6.07) is 27.5. The van der Waals surface area contributed by atoms with Crippen molar-refractivity contribution < 1.29 is 17.5 Å². The molecule has 1 heterocycles. The lowest BCUT2D eigenvalue weighted by atomic mass is 10.2. The Balaban J connectivity index is 1.24. The second-order valence-electron chi connectivity index (χ2n) is 8.45. The highest BCUT2D eigenvalue weighted by atomic mass is 32.2. The Bertz CT molecular complexity index is 1680. The second kappa shape index (κ2) is 10.7. The molecule has 0 atom stereocenters. The van der Waals surface area contributed by atoms with Gasteiger partial charge in [0.05, 0.1) is 21.7 Å². The Hall–Kier alpha value is -3.79. The normalized spacial score (nSPS) is 11.6. The first-order chi connectivity index (χ1) is 17.9. The predicted molar refractivity (Wildman–Crippen MR) is 143 cm³/mol. The van der Waals surface area contributed by atoms with Gasteiger partial charge in [-0.3, -0.25) is 9.36 Å². The molecule has 6 nitrogen and oxygen atoms in total. The SMILES string of the molecule is O=c1sc2cc(S(=O)(=O)NCc3ccc(OCc4ccc(F)cc4)cc3)ccc2n1Cc1ccccc1. The van der Waals surface area contributed by atoms with Crippen LogP contribution in [0.3, 0.4) is 0 Å². The van der Waals surface area contributed by atoms with E-state index in [1.807, 2.05) is 30.3 Å². The fourth-order valence-electron chi connectivity index (χ4n) is 3.84. The maximum atomic E-state index is 13.0. The van der Waals surface area contributed by atoms with Gasteiger partial charge in [-0.15, -0.1) is 0 Å². The quantitative estimate of drug-likeness (QED) is 0.278. The molecule has 0 saturated heterocycles. The molecule has 0 aliphatic heterocycles. The fraction of sp³-hybridized carbons (Fsp3) is 0.107. The van der Waals surface area contributed by atoms with Crippen LogP contribution in [-0.2, 0) is 29.7 Å². The number of hydrogen-bond donors (Lipinski definition) is 1. The number of sulfonamides is 1. The number of ether oxygens (including phenoxy) is 1. The predicted octanol–water partition coefficient (Wildman–Crippen LogP) is 5.31. The van der Waals surface area contributed by atoms with E-state index in [2.05, 4.69) is 4.72 Å². The number of benzene rings is 4. The fourth-order valence-corrected chi connectivity index (χ4v) is 5.89. The summed E-state index contributed by atoms with van der Waals surface area (Å²) in [5, 5.41) is 0. The molecule has 1 N–H and O–H groups in total. The maximum Gasteiger partial charge on any atom is 0.308 e. The van der Waals surface area contributed by atoms with Crippen LogP contribution in [0.15, 0.2) is 107 Å². The molecule has 0 saturated carbocycles. The number of nitrogens with zero attached hydrogens (tertiary/aromatic N) is 1. The average Bonchev–Trinajstić information content (AvgIpc) is 3.22. The first kappa shape index (κ1) is 24.9. The minimum Gasteiger partial charge on any atom is -0.489 e. The van der Waals surface area contributed by atoms with Gasteiger partial charge in [-0.05, 0) is 59.2 Å². The number of hydrogen-bond acceptors (Lipinski definition) is 5. The molecule has 188 valence electrons. The topological polar surface area (TPSA) is 77.4 Å². The summed E-state index contributed by atoms with van der Waals surface area (Å²) in [4.78, 5) is 12.5. The molecule has 0 spiro atoms. The lowest BCUT2D eigenvalue weighted by Crippen LogP contribution is -2.23. The summed E-state index contributed by atoms with van der Waals surface area (Å²) in [7, 11) is -3.79. The van der Waals surface area contributed by atoms with Crippen LogP contribution in [0.2, 0.25) is 0 Å². The van der Waals surface area contributed by atoms with Crippen molar-refractivity contribution in [2.24, 2.45) is 0 Å². The summed E-state index contributed by atoms with van der Waals surface area (Å²) in [5.74, 6) is 0.323. The lowest BCUT2D eigenvalue weighted by Gasteiger charge is -2.10. The number of nitrogens with one attached hydrogen (secondary N) is 1. The van der Waals surface area contributed by atoms with Crippen molar-refractivity contribution in [3.8, 4) is 5.75 Å². The molecule has 1 aromatic heterocycles. The highest BCUT2D eigenvalue weighted by Gasteiger charge is 2.17. The third-order valence-corrected chi connectivity index (χ3v) is 8.18. The zero-order valence-electron chi connectivity index (χ0n) is 19.6. The molecule has 37 heavy (non-hydrogen) atoms. The van der Waals surface area contributed by atoms with Crippen LogP contribution >= 0.6 is 11.3 Å². The number of fused-ring (bicyclic) bond motifs is 1. The summed E-state index contributed by atoms with van der Waals surface area (Å²) >= 11 is 1.03. The minimum atomic E-state index is -3.79. The Morgan fingerprint density at radius 3 is 2.27 bits per heavy atom. The van der Waals surface area contributed by atoms with Crippen LogP contribution < -0.4 is 14.3 Å². The van der Waals surface area contributed by atoms with E-state index in [4.69, 9.17) is 4.74 Å². The molecule has 5 rings (SSSR count). The molecule has 0 radical (unpaired) electrons. The number of thiazole rings is 1. The molecule has 0 unspecified atom stereocenters. The van der Waals surface area contributed by atoms with E-state index in [0.29, 0.717) is 29.1 Å². The van der Waals surface area contributed by atoms with Crippen molar-refractivity contribution in [2.45, 2.75) is 24.6 Å². The van der Waals surface area contributed by atoms with Crippen molar-refractivity contribution in [3.63, 3.8) is 0 Å². The highest BCUT2D eigenvalue weighted by Crippen LogP contribution is 2.23. The van der Waals surface area contributed by atoms with Gasteiger partial charge in [-0.25, -0.2) is 17.5 Å². The maximum absolute atomic E-state index is 13.0. The first-order valence-corrected chi connectivity index (χ1v) is 13.8. The van der Waals surface area contributed by atoms with Gasteiger partial charge in [0.1, 0.15) is 18.2 Å². The molecule has 0 aliphatic rings. The largest absolute Gasteiger partial charge is 0.489 e. The molecular weight excluding hydrogens is 511 g/mol. The van der Waals surface area contributed by atoms with Crippen LogP contribution in [0.4, 0.5) is 4.39 Å². The number of aromatic nitrogens is 1. The van der Waals surface area contributed by atoms with Crippen molar-refractivity contribution in [2.75, 3.05) is 0 Å². The van der Waals surface area contributed by atoms with E-state index < -0.39 is 10.0 Å². The third kappa shape index (κ3) is 5.96. The number of halogens is 1. The van der Waals surface area contributed by atoms with Crippen molar-refractivity contribution in [1.29, 1.82) is 0 Å². The molecule has 0 bridgehead atoms. The van der Waals surface area contributed by atoms with Crippen LogP contribution in [0.25, 0.3) is 10.2 Å². The van der Waals surface area contributed by atoms with Crippen molar-refractivity contribution in [3.05, 3.63) is 129 Å². The second-order valence-corrected chi connectivity index (χ2v) is 11.2. The van der Waals surface area contributed by atoms with Gasteiger partial charge in [0.25, 0.3) is 0 Å². The van der Waals surface area contributed by atoms with E-state index in [1.54, 1.807) is 47.0 Å². The Morgan fingerprint density at radius 1 is 0.838 bits per heavy atom. The minimum absolute atomic E-state index is 0.101. The van der Waals surface area contributed by atoms with Gasteiger partial charge in [0.15, 0.2) is 0 Å². The summed E-state index contributed by atoms with van der Waals surface area (Å²) in [5.41, 5.74) is 3.30. The summed E-state index contributed by atoms with van der Waals surface area (Å²) in [6.45, 7) is 0.825. The van der Waals surface area contributed by atoms with Gasteiger partial charge >= 0.3 is 4.87 Å². The van der Waals surface area contributed by atoms with Gasteiger partial charge < -0.3 is 4.74 Å². The Labute approximate surface area is 217 Å². The summed E-state index contributed by atoms with van der Waals surface area (Å²) in [6.07, 6.45) is 0. The van der Waals surface area contributed by atoms with Crippen LogP contribution in [0.1, 0.15) is 16.7 Å². The molecule has 4 aromatic carbocycles. The first-order valence-electron chi connectivity index (χ1n) is 11.5. The van der Waals surface area contributed by atoms with Gasteiger partial charge in [0.2, 0.25) is 10.0 Å². The van der Waals surface area contributed by atoms with Crippen LogP contribution in [0, 0.1) is 5.82 Å². The average molecular weight is 535 g/mol. The van der Waals surface area contributed by atoms with Crippen molar-refractivity contribution in [1.82, 2.24) is 9.29 Å². The number of rotatable bonds is 9. The smallest absolute Gasteiger partial charge is 0.308 e. The molecule has 0 amide bonds. The molecule has 5 aromatic rings. The molecule has 9 heteroatoms. The zero-order chi connectivity index (χ0) is 25.8. The third-order valence-electron chi connectivity index (χ3n) is 5.84. The van der Waals surface area contributed by atoms with Crippen molar-refractivity contribution >= 4 is 31.6 Å². The van der Waals surface area contributed by atoms with E-state index in [0.717, 1.165) is 28.0 Å². The molecule has 0 aliphatic carbocycles. The molecule has 0 fully saturated rings. The highest BCUT2D eigenvalue weighted by molar-refractivity contribution is 7.89. The van der Waals surface area contributed by atoms with E-state index >= 15 is 0 Å². The van der Waals surface area contributed by atoms with E-state index in [-0.39, 0.29) is 22.1 Å². The Kier molecular flexibility index (Phi) is 7.18. The van der Waals surface area contributed by atoms with Crippen LogP contribution in [0.5, 0.6) is 5.75 Å². The van der Waals surface area contributed by atoms with Crippen LogP contribution in [-0.4, -0.2) is 13.0 Å².